The summed E-state index contributed by atoms with van der Waals surface area (Å²) < 4.78 is 0. The van der Waals surface area contributed by atoms with Gasteiger partial charge >= 0.3 is 5.97 Å². The summed E-state index contributed by atoms with van der Waals surface area (Å²) >= 11 is 1.69. The largest absolute Gasteiger partial charge is 0.481 e. The number of aliphatic carboxylic acids is 1. The van der Waals surface area contributed by atoms with Gasteiger partial charge in [0, 0.05) is 4.88 Å². The van der Waals surface area contributed by atoms with E-state index in [9.17, 15) is 4.79 Å². The average Bonchev–Trinajstić information content (AvgIpc) is 2.59. The summed E-state index contributed by atoms with van der Waals surface area (Å²) in [5, 5.41) is 10.7. The molecule has 1 heterocycles. The predicted molar refractivity (Wildman–Crippen MR) is 64.2 cm³/mol. The van der Waals surface area contributed by atoms with E-state index >= 15 is 0 Å². The molecule has 0 aliphatic carbocycles. The van der Waals surface area contributed by atoms with Gasteiger partial charge in [0.15, 0.2) is 0 Å². The van der Waals surface area contributed by atoms with Crippen molar-refractivity contribution in [3.05, 3.63) is 28.0 Å². The Morgan fingerprint density at radius 1 is 1.60 bits per heavy atom. The fraction of sp³-hybridized carbons (Fsp3) is 0.417. The summed E-state index contributed by atoms with van der Waals surface area (Å²) in [6.45, 7) is 4.17. The van der Waals surface area contributed by atoms with Gasteiger partial charge in [-0.25, -0.2) is 0 Å². The minimum Gasteiger partial charge on any atom is -0.481 e. The Kier molecular flexibility index (Phi) is 4.56. The van der Waals surface area contributed by atoms with Gasteiger partial charge in [-0.15, -0.1) is 11.3 Å². The third-order valence-electron chi connectivity index (χ3n) is 2.20. The van der Waals surface area contributed by atoms with Crippen LogP contribution in [0.15, 0.2) is 17.5 Å². The molecular formula is C12H16O2S. The SMILES string of the molecule is CCC/C(=C\CC(=O)O)c1sccc1C. The summed E-state index contributed by atoms with van der Waals surface area (Å²) in [5.74, 6) is -0.766. The second kappa shape index (κ2) is 5.71. The standard InChI is InChI=1S/C12H16O2S/c1-3-4-10(5-6-11(13)14)12-9(2)7-8-15-12/h5,7-8H,3-4,6H2,1-2H3,(H,13,14)/b10-5+. The van der Waals surface area contributed by atoms with E-state index in [2.05, 4.69) is 25.3 Å². The van der Waals surface area contributed by atoms with Crippen molar-refractivity contribution >= 4 is 22.9 Å². The van der Waals surface area contributed by atoms with Crippen molar-refractivity contribution in [2.24, 2.45) is 0 Å². The van der Waals surface area contributed by atoms with Crippen LogP contribution < -0.4 is 0 Å². The molecule has 0 unspecified atom stereocenters. The molecule has 0 amide bonds. The quantitative estimate of drug-likeness (QED) is 0.827. The van der Waals surface area contributed by atoms with Crippen LogP contribution in [0.5, 0.6) is 0 Å². The number of hydrogen-bond acceptors (Lipinski definition) is 2. The van der Waals surface area contributed by atoms with Crippen LogP contribution in [0.25, 0.3) is 5.57 Å². The van der Waals surface area contributed by atoms with E-state index in [4.69, 9.17) is 5.11 Å². The molecule has 82 valence electrons. The Labute approximate surface area is 94.3 Å². The fourth-order valence-electron chi connectivity index (χ4n) is 1.49. The minimum absolute atomic E-state index is 0.118. The lowest BCUT2D eigenvalue weighted by Crippen LogP contribution is -1.92. The van der Waals surface area contributed by atoms with E-state index in [1.165, 1.54) is 16.0 Å². The number of carboxylic acids is 1. The molecule has 3 heteroatoms. The normalized spacial score (nSPS) is 11.7. The highest BCUT2D eigenvalue weighted by molar-refractivity contribution is 7.11. The summed E-state index contributed by atoms with van der Waals surface area (Å²) in [7, 11) is 0. The molecule has 2 nitrogen and oxygen atoms in total. The number of hydrogen-bond donors (Lipinski definition) is 1. The van der Waals surface area contributed by atoms with Crippen LogP contribution >= 0.6 is 11.3 Å². The van der Waals surface area contributed by atoms with Gasteiger partial charge in [-0.2, -0.15) is 0 Å². The smallest absolute Gasteiger partial charge is 0.307 e. The predicted octanol–water partition coefficient (Wildman–Crippen LogP) is 3.71. The Hall–Kier alpha value is -1.09. The molecular weight excluding hydrogens is 208 g/mol. The van der Waals surface area contributed by atoms with Crippen LogP contribution in [0, 0.1) is 6.92 Å². The molecule has 15 heavy (non-hydrogen) atoms. The van der Waals surface area contributed by atoms with Crippen LogP contribution in [0.1, 0.15) is 36.6 Å². The van der Waals surface area contributed by atoms with Crippen molar-refractivity contribution in [1.29, 1.82) is 0 Å². The number of carbonyl (C=O) groups is 1. The lowest BCUT2D eigenvalue weighted by atomic mass is 10.1. The van der Waals surface area contributed by atoms with E-state index in [-0.39, 0.29) is 6.42 Å². The van der Waals surface area contributed by atoms with Gasteiger partial charge in [-0.1, -0.05) is 19.4 Å². The first-order valence-corrected chi connectivity index (χ1v) is 5.98. The van der Waals surface area contributed by atoms with Crippen LogP contribution in [0.4, 0.5) is 0 Å². The molecule has 0 fully saturated rings. The highest BCUT2D eigenvalue weighted by atomic mass is 32.1. The zero-order valence-electron chi connectivity index (χ0n) is 9.12. The number of allylic oxidation sites excluding steroid dienone is 1. The average molecular weight is 224 g/mol. The van der Waals surface area contributed by atoms with Gasteiger partial charge in [0.2, 0.25) is 0 Å². The van der Waals surface area contributed by atoms with Crippen molar-refractivity contribution < 1.29 is 9.90 Å². The zero-order valence-corrected chi connectivity index (χ0v) is 9.93. The molecule has 0 aliphatic heterocycles. The molecule has 0 spiro atoms. The van der Waals surface area contributed by atoms with Crippen LogP contribution in [-0.4, -0.2) is 11.1 Å². The molecule has 0 aliphatic rings. The maximum atomic E-state index is 10.5. The van der Waals surface area contributed by atoms with Gasteiger partial charge in [0.05, 0.1) is 6.42 Å². The number of thiophene rings is 1. The third kappa shape index (κ3) is 3.51. The molecule has 0 aromatic carbocycles. The molecule has 1 N–H and O–H groups in total. The molecule has 1 rings (SSSR count). The van der Waals surface area contributed by atoms with Crippen LogP contribution in [0.3, 0.4) is 0 Å². The summed E-state index contributed by atoms with van der Waals surface area (Å²) in [6, 6.07) is 2.07. The van der Waals surface area contributed by atoms with Gasteiger partial charge in [-0.05, 0) is 35.9 Å². The number of carboxylic acid groups (broad SMARTS) is 1. The van der Waals surface area contributed by atoms with Gasteiger partial charge in [-0.3, -0.25) is 4.79 Å². The number of rotatable bonds is 5. The second-order valence-electron chi connectivity index (χ2n) is 3.51. The highest BCUT2D eigenvalue weighted by Gasteiger charge is 2.06. The van der Waals surface area contributed by atoms with Crippen molar-refractivity contribution in [2.45, 2.75) is 33.1 Å². The van der Waals surface area contributed by atoms with Crippen molar-refractivity contribution in [1.82, 2.24) is 0 Å². The summed E-state index contributed by atoms with van der Waals surface area (Å²) in [5.41, 5.74) is 2.41. The van der Waals surface area contributed by atoms with Gasteiger partial charge in [0.1, 0.15) is 0 Å². The zero-order chi connectivity index (χ0) is 11.3. The topological polar surface area (TPSA) is 37.3 Å². The summed E-state index contributed by atoms with van der Waals surface area (Å²) in [4.78, 5) is 11.8. The molecule has 0 atom stereocenters. The monoisotopic (exact) mass is 224 g/mol. The van der Waals surface area contributed by atoms with Gasteiger partial charge in [0.25, 0.3) is 0 Å². The van der Waals surface area contributed by atoms with Crippen LogP contribution in [-0.2, 0) is 4.79 Å². The molecule has 0 saturated carbocycles. The van der Waals surface area contributed by atoms with E-state index in [0.29, 0.717) is 0 Å². The van der Waals surface area contributed by atoms with E-state index < -0.39 is 5.97 Å². The van der Waals surface area contributed by atoms with Crippen LogP contribution in [0.2, 0.25) is 0 Å². The van der Waals surface area contributed by atoms with Crippen molar-refractivity contribution in [3.8, 4) is 0 Å². The molecule has 1 aromatic heterocycles. The first-order valence-electron chi connectivity index (χ1n) is 5.10. The second-order valence-corrected chi connectivity index (χ2v) is 4.43. The minimum atomic E-state index is -0.766. The van der Waals surface area contributed by atoms with E-state index in [1.807, 2.05) is 6.08 Å². The summed E-state index contributed by atoms with van der Waals surface area (Å²) in [6.07, 6.45) is 3.95. The van der Waals surface area contributed by atoms with Crippen molar-refractivity contribution in [3.63, 3.8) is 0 Å². The molecule has 1 aromatic rings. The Morgan fingerprint density at radius 2 is 2.33 bits per heavy atom. The first kappa shape index (κ1) is 12.0. The van der Waals surface area contributed by atoms with E-state index in [1.54, 1.807) is 11.3 Å². The Bertz CT molecular complexity index is 363. The third-order valence-corrected chi connectivity index (χ3v) is 3.29. The lowest BCUT2D eigenvalue weighted by molar-refractivity contribution is -0.135. The van der Waals surface area contributed by atoms with Crippen molar-refractivity contribution in [2.75, 3.05) is 0 Å². The van der Waals surface area contributed by atoms with E-state index in [0.717, 1.165) is 12.8 Å². The fourth-order valence-corrected chi connectivity index (χ4v) is 2.49. The molecule has 0 saturated heterocycles. The maximum Gasteiger partial charge on any atom is 0.307 e. The van der Waals surface area contributed by atoms with Gasteiger partial charge < -0.3 is 5.11 Å². The maximum absolute atomic E-state index is 10.5. The highest BCUT2D eigenvalue weighted by Crippen LogP contribution is 2.28. The lowest BCUT2D eigenvalue weighted by Gasteiger charge is -2.04. The Morgan fingerprint density at radius 3 is 2.80 bits per heavy atom. The number of aryl methyl sites for hydroxylation is 1. The Balaban J connectivity index is 2.87. The molecule has 0 bridgehead atoms. The molecule has 0 radical (unpaired) electrons. The first-order chi connectivity index (χ1) is 7.15.